The lowest BCUT2D eigenvalue weighted by molar-refractivity contribution is 0.206. The van der Waals surface area contributed by atoms with E-state index in [-0.39, 0.29) is 23.7 Å². The number of rotatable bonds is 5. The van der Waals surface area contributed by atoms with Gasteiger partial charge in [-0.2, -0.15) is 4.98 Å². The van der Waals surface area contributed by atoms with Crippen LogP contribution in [0.5, 0.6) is 6.01 Å². The summed E-state index contributed by atoms with van der Waals surface area (Å²) in [6, 6.07) is 1.26. The molecule has 7 heteroatoms. The van der Waals surface area contributed by atoms with Crippen molar-refractivity contribution in [3.8, 4) is 17.9 Å². The molecule has 0 amide bonds. The Kier molecular flexibility index (Phi) is 5.33. The van der Waals surface area contributed by atoms with Crippen LogP contribution in [0.25, 0.3) is 11.1 Å². The van der Waals surface area contributed by atoms with Gasteiger partial charge >= 0.3 is 11.6 Å². The maximum atomic E-state index is 12.1. The summed E-state index contributed by atoms with van der Waals surface area (Å²) in [7, 11) is 1.60. The Hall–Kier alpha value is -2.59. The average molecular weight is 304 g/mol. The summed E-state index contributed by atoms with van der Waals surface area (Å²) < 4.78 is 15.1. The highest BCUT2D eigenvalue weighted by Gasteiger charge is 2.11. The van der Waals surface area contributed by atoms with Gasteiger partial charge < -0.3 is 13.9 Å². The molecule has 1 N–H and O–H groups in total. The van der Waals surface area contributed by atoms with E-state index in [4.69, 9.17) is 13.9 Å². The molecule has 116 valence electrons. The number of hydrogen-bond donors (Lipinski definition) is 1. The van der Waals surface area contributed by atoms with Crippen LogP contribution in [0.1, 0.15) is 18.9 Å². The molecule has 0 radical (unpaired) electrons. The molecule has 0 unspecified atom stereocenters. The van der Waals surface area contributed by atoms with Crippen molar-refractivity contribution in [1.82, 2.24) is 9.97 Å². The Morgan fingerprint density at radius 3 is 2.91 bits per heavy atom. The first kappa shape index (κ1) is 15.8. The lowest BCUT2D eigenvalue weighted by atomic mass is 10.1. The minimum Gasteiger partial charge on any atom is -0.451 e. The highest BCUT2D eigenvalue weighted by Crippen LogP contribution is 2.13. The molecule has 0 aliphatic carbocycles. The van der Waals surface area contributed by atoms with Crippen molar-refractivity contribution in [3.63, 3.8) is 0 Å². The second kappa shape index (κ2) is 7.43. The van der Waals surface area contributed by atoms with Crippen molar-refractivity contribution >= 4 is 11.1 Å². The van der Waals surface area contributed by atoms with Crippen LogP contribution in [-0.4, -0.2) is 30.3 Å². The molecule has 0 aliphatic heterocycles. The molecule has 22 heavy (non-hydrogen) atoms. The van der Waals surface area contributed by atoms with Gasteiger partial charge in [-0.15, -0.1) is 0 Å². The number of ether oxygens (including phenoxy) is 2. The molecule has 0 aromatic carbocycles. The Morgan fingerprint density at radius 2 is 2.18 bits per heavy atom. The van der Waals surface area contributed by atoms with Crippen molar-refractivity contribution in [3.05, 3.63) is 32.4 Å². The number of nitrogens with zero attached hydrogens (tertiary/aromatic N) is 1. The minimum atomic E-state index is -0.548. The summed E-state index contributed by atoms with van der Waals surface area (Å²) in [4.78, 5) is 30.0. The van der Waals surface area contributed by atoms with E-state index in [2.05, 4.69) is 21.8 Å². The van der Waals surface area contributed by atoms with Gasteiger partial charge in [0.05, 0.1) is 6.61 Å². The number of H-pyrrole nitrogens is 1. The number of hydrogen-bond acceptors (Lipinski definition) is 6. The van der Waals surface area contributed by atoms with Gasteiger partial charge in [0.2, 0.25) is 5.71 Å². The summed E-state index contributed by atoms with van der Waals surface area (Å²) >= 11 is 0. The molecule has 2 aromatic rings. The first-order valence-electron chi connectivity index (χ1n) is 6.80. The van der Waals surface area contributed by atoms with Gasteiger partial charge in [-0.1, -0.05) is 18.8 Å². The molecule has 0 aliphatic rings. The predicted molar refractivity (Wildman–Crippen MR) is 80.0 cm³/mol. The second-order valence-electron chi connectivity index (χ2n) is 4.38. The zero-order valence-corrected chi connectivity index (χ0v) is 12.4. The van der Waals surface area contributed by atoms with Crippen molar-refractivity contribution in [2.24, 2.45) is 0 Å². The summed E-state index contributed by atoms with van der Waals surface area (Å²) in [6.07, 6.45) is 1.12. The van der Waals surface area contributed by atoms with Gasteiger partial charge in [-0.05, 0) is 12.0 Å². The number of aryl methyl sites for hydroxylation is 1. The van der Waals surface area contributed by atoms with Crippen molar-refractivity contribution in [1.29, 1.82) is 0 Å². The SMILES string of the molecule is CCc1cc(=O)oc2nc(OCC#CCCOC)[nH]c(=O)c12. The van der Waals surface area contributed by atoms with Crippen LogP contribution in [0.2, 0.25) is 0 Å². The standard InChI is InChI=1S/C15H16N2O5/c1-3-10-9-11(18)22-14-12(10)13(19)16-15(17-14)21-8-6-4-5-7-20-2/h9H,3,5,7-8H2,1-2H3,(H,16,17,19). The van der Waals surface area contributed by atoms with Gasteiger partial charge in [0, 0.05) is 19.6 Å². The zero-order chi connectivity index (χ0) is 15.9. The van der Waals surface area contributed by atoms with Crippen LogP contribution in [0.15, 0.2) is 20.1 Å². The summed E-state index contributed by atoms with van der Waals surface area (Å²) in [6.45, 7) is 2.45. The monoisotopic (exact) mass is 304 g/mol. The van der Waals surface area contributed by atoms with Crippen LogP contribution in [-0.2, 0) is 11.2 Å². The maximum absolute atomic E-state index is 12.1. The smallest absolute Gasteiger partial charge is 0.337 e. The Morgan fingerprint density at radius 1 is 1.36 bits per heavy atom. The lowest BCUT2D eigenvalue weighted by Crippen LogP contribution is -2.15. The first-order valence-corrected chi connectivity index (χ1v) is 6.80. The zero-order valence-electron chi connectivity index (χ0n) is 12.4. The molecule has 0 fully saturated rings. The van der Waals surface area contributed by atoms with E-state index in [1.807, 2.05) is 6.92 Å². The van der Waals surface area contributed by atoms with Gasteiger partial charge in [0.1, 0.15) is 5.39 Å². The molecule has 0 saturated heterocycles. The quantitative estimate of drug-likeness (QED) is 0.650. The molecule has 2 aromatic heterocycles. The topological polar surface area (TPSA) is 94.4 Å². The maximum Gasteiger partial charge on any atom is 0.337 e. The summed E-state index contributed by atoms with van der Waals surface area (Å²) in [5.74, 6) is 5.61. The molecular formula is C15H16N2O5. The second-order valence-corrected chi connectivity index (χ2v) is 4.38. The molecule has 7 nitrogen and oxygen atoms in total. The van der Waals surface area contributed by atoms with Crippen molar-refractivity contribution in [2.75, 3.05) is 20.3 Å². The predicted octanol–water partition coefficient (Wildman–Crippen LogP) is 0.857. The third kappa shape index (κ3) is 3.74. The van der Waals surface area contributed by atoms with Gasteiger partial charge in [0.15, 0.2) is 6.61 Å². The van der Waals surface area contributed by atoms with Crippen molar-refractivity contribution < 1.29 is 13.9 Å². The van der Waals surface area contributed by atoms with Gasteiger partial charge in [-0.3, -0.25) is 9.78 Å². The van der Waals surface area contributed by atoms with E-state index in [9.17, 15) is 9.59 Å². The fraction of sp³-hybridized carbons (Fsp3) is 0.400. The van der Waals surface area contributed by atoms with E-state index in [1.54, 1.807) is 7.11 Å². The highest BCUT2D eigenvalue weighted by atomic mass is 16.5. The van der Waals surface area contributed by atoms with E-state index < -0.39 is 11.2 Å². The average Bonchev–Trinajstić information content (AvgIpc) is 2.49. The van der Waals surface area contributed by atoms with E-state index in [0.717, 1.165) is 0 Å². The van der Waals surface area contributed by atoms with Crippen LogP contribution in [0, 0.1) is 11.8 Å². The fourth-order valence-corrected chi connectivity index (χ4v) is 1.87. The number of nitrogens with one attached hydrogen (secondary N) is 1. The lowest BCUT2D eigenvalue weighted by Gasteiger charge is -2.04. The van der Waals surface area contributed by atoms with E-state index in [0.29, 0.717) is 25.0 Å². The number of fused-ring (bicyclic) bond motifs is 1. The Labute approximate surface area is 126 Å². The van der Waals surface area contributed by atoms with Gasteiger partial charge in [-0.25, -0.2) is 4.79 Å². The minimum absolute atomic E-state index is 0.0320. The molecule has 0 saturated carbocycles. The number of aromatic amines is 1. The Bertz CT molecular complexity index is 826. The highest BCUT2D eigenvalue weighted by molar-refractivity contribution is 5.75. The Balaban J connectivity index is 2.24. The van der Waals surface area contributed by atoms with Crippen LogP contribution in [0.4, 0.5) is 0 Å². The van der Waals surface area contributed by atoms with Gasteiger partial charge in [0.25, 0.3) is 5.56 Å². The van der Waals surface area contributed by atoms with E-state index >= 15 is 0 Å². The van der Waals surface area contributed by atoms with Crippen LogP contribution < -0.4 is 15.9 Å². The third-order valence-corrected chi connectivity index (χ3v) is 2.89. The first-order chi connectivity index (χ1) is 10.7. The fourth-order valence-electron chi connectivity index (χ4n) is 1.87. The molecular weight excluding hydrogens is 288 g/mol. The van der Waals surface area contributed by atoms with Crippen LogP contribution >= 0.6 is 0 Å². The molecule has 0 spiro atoms. The third-order valence-electron chi connectivity index (χ3n) is 2.89. The number of methoxy groups -OCH3 is 1. The molecule has 2 rings (SSSR count). The largest absolute Gasteiger partial charge is 0.451 e. The van der Waals surface area contributed by atoms with Crippen molar-refractivity contribution in [2.45, 2.75) is 19.8 Å². The number of aromatic nitrogens is 2. The van der Waals surface area contributed by atoms with Crippen LogP contribution in [0.3, 0.4) is 0 Å². The molecule has 0 bridgehead atoms. The molecule has 0 atom stereocenters. The normalized spacial score (nSPS) is 10.3. The molecule has 2 heterocycles. The summed E-state index contributed by atoms with van der Waals surface area (Å²) in [5.41, 5.74) is -0.401. The van der Waals surface area contributed by atoms with E-state index in [1.165, 1.54) is 6.07 Å². The summed E-state index contributed by atoms with van der Waals surface area (Å²) in [5, 5.41) is 0.264.